The summed E-state index contributed by atoms with van der Waals surface area (Å²) >= 11 is 1.58. The van der Waals surface area contributed by atoms with Gasteiger partial charge in [0.2, 0.25) is 0 Å². The molecule has 9 heteroatoms. The van der Waals surface area contributed by atoms with Gasteiger partial charge in [-0.2, -0.15) is 5.10 Å². The molecule has 1 aromatic carbocycles. The van der Waals surface area contributed by atoms with Crippen molar-refractivity contribution in [3.8, 4) is 0 Å². The second-order valence-electron chi connectivity index (χ2n) is 4.61. The Bertz CT molecular complexity index is 565. The normalized spacial score (nSPS) is 9.65. The lowest BCUT2D eigenvalue weighted by atomic mass is 10.1. The van der Waals surface area contributed by atoms with Crippen LogP contribution in [-0.2, 0) is 5.75 Å². The Morgan fingerprint density at radius 2 is 2.00 bits per heavy atom. The number of thioether (sulfide) groups is 1. The number of rotatable bonds is 7. The molecule has 0 atom stereocenters. The highest BCUT2D eigenvalue weighted by Crippen LogP contribution is 2.18. The zero-order valence-electron chi connectivity index (χ0n) is 13.0. The van der Waals surface area contributed by atoms with Gasteiger partial charge in [0, 0.05) is 31.5 Å². The summed E-state index contributed by atoms with van der Waals surface area (Å²) in [7, 11) is 3.69. The van der Waals surface area contributed by atoms with Crippen molar-refractivity contribution in [3.05, 3.63) is 41.7 Å². The molecule has 1 heterocycles. The zero-order chi connectivity index (χ0) is 15.1. The van der Waals surface area contributed by atoms with E-state index in [0.717, 1.165) is 23.0 Å². The Morgan fingerprint density at radius 1 is 1.30 bits per heavy atom. The maximum absolute atomic E-state index is 12.2. The summed E-state index contributed by atoms with van der Waals surface area (Å²) in [4.78, 5) is 18.0. The molecule has 1 aromatic heterocycles. The van der Waals surface area contributed by atoms with Crippen LogP contribution in [0.5, 0.6) is 0 Å². The lowest BCUT2D eigenvalue weighted by Crippen LogP contribution is -2.32. The van der Waals surface area contributed by atoms with Crippen LogP contribution in [-0.4, -0.2) is 53.2 Å². The van der Waals surface area contributed by atoms with E-state index >= 15 is 0 Å². The Balaban J connectivity index is 0.00000242. The molecular weight excluding hydrogens is 357 g/mol. The smallest absolute Gasteiger partial charge is 0.253 e. The Morgan fingerprint density at radius 3 is 2.57 bits per heavy atom. The second-order valence-corrected chi connectivity index (χ2v) is 5.57. The summed E-state index contributed by atoms with van der Waals surface area (Å²) in [5.74, 6) is 0.832. The van der Waals surface area contributed by atoms with E-state index in [4.69, 9.17) is 0 Å². The van der Waals surface area contributed by atoms with Crippen LogP contribution in [0.2, 0.25) is 0 Å². The third-order valence-corrected chi connectivity index (χ3v) is 3.96. The van der Waals surface area contributed by atoms with E-state index in [2.05, 4.69) is 20.5 Å². The summed E-state index contributed by atoms with van der Waals surface area (Å²) in [6.45, 7) is 1.48. The van der Waals surface area contributed by atoms with E-state index in [1.165, 1.54) is 6.33 Å². The Labute approximate surface area is 152 Å². The number of hydrogen-bond donors (Lipinski definition) is 2. The summed E-state index contributed by atoms with van der Waals surface area (Å²) in [5, 5.41) is 10.4. The quantitative estimate of drug-likeness (QED) is 0.723. The number of halogens is 2. The predicted octanol–water partition coefficient (Wildman–Crippen LogP) is 2.23. The fraction of sp³-hybridized carbons (Fsp3) is 0.357. The van der Waals surface area contributed by atoms with Crippen molar-refractivity contribution in [1.29, 1.82) is 0 Å². The van der Waals surface area contributed by atoms with Gasteiger partial charge in [-0.1, -0.05) is 23.9 Å². The fourth-order valence-electron chi connectivity index (χ4n) is 1.76. The van der Waals surface area contributed by atoms with Gasteiger partial charge in [-0.3, -0.25) is 9.89 Å². The number of nitrogens with zero attached hydrogens (tertiary/aromatic N) is 3. The first kappa shape index (κ1) is 21.7. The molecule has 0 aliphatic carbocycles. The summed E-state index contributed by atoms with van der Waals surface area (Å²) in [5.41, 5.74) is 1.85. The van der Waals surface area contributed by atoms with Crippen molar-refractivity contribution in [2.24, 2.45) is 0 Å². The van der Waals surface area contributed by atoms with Crippen molar-refractivity contribution in [3.63, 3.8) is 0 Å². The van der Waals surface area contributed by atoms with Crippen molar-refractivity contribution >= 4 is 42.5 Å². The number of carbonyl (C=O) groups is 1. The van der Waals surface area contributed by atoms with Crippen molar-refractivity contribution in [2.45, 2.75) is 10.9 Å². The van der Waals surface area contributed by atoms with Crippen LogP contribution >= 0.6 is 36.6 Å². The molecule has 0 saturated heterocycles. The number of aromatic nitrogens is 3. The lowest BCUT2D eigenvalue weighted by molar-refractivity contribution is 0.0797. The van der Waals surface area contributed by atoms with Crippen LogP contribution in [0.3, 0.4) is 0 Å². The van der Waals surface area contributed by atoms with Gasteiger partial charge in [0.05, 0.1) is 0 Å². The molecule has 2 rings (SSSR count). The molecule has 2 aromatic rings. The highest BCUT2D eigenvalue weighted by atomic mass is 35.5. The first-order chi connectivity index (χ1) is 10.2. The minimum atomic E-state index is 0. The molecule has 0 spiro atoms. The number of amides is 1. The predicted molar refractivity (Wildman–Crippen MR) is 97.8 cm³/mol. The molecule has 0 fully saturated rings. The van der Waals surface area contributed by atoms with E-state index in [-0.39, 0.29) is 30.7 Å². The van der Waals surface area contributed by atoms with E-state index in [1.54, 1.807) is 16.7 Å². The van der Waals surface area contributed by atoms with Crippen LogP contribution in [0.4, 0.5) is 0 Å². The van der Waals surface area contributed by atoms with Crippen molar-refractivity contribution in [1.82, 2.24) is 25.4 Å². The highest BCUT2D eigenvalue weighted by molar-refractivity contribution is 7.98. The van der Waals surface area contributed by atoms with E-state index < -0.39 is 0 Å². The molecule has 0 aliphatic rings. The monoisotopic (exact) mass is 377 g/mol. The largest absolute Gasteiger partial charge is 0.340 e. The number of nitrogens with one attached hydrogen (secondary N) is 2. The molecule has 0 radical (unpaired) electrons. The molecule has 128 valence electrons. The number of H-pyrrole nitrogens is 1. The number of carbonyl (C=O) groups excluding carboxylic acids is 1. The van der Waals surface area contributed by atoms with Crippen molar-refractivity contribution < 1.29 is 4.79 Å². The summed E-state index contributed by atoms with van der Waals surface area (Å²) in [6.07, 6.45) is 1.49. The lowest BCUT2D eigenvalue weighted by Gasteiger charge is -2.17. The minimum Gasteiger partial charge on any atom is -0.340 e. The van der Waals surface area contributed by atoms with Gasteiger partial charge in [-0.05, 0) is 24.7 Å². The van der Waals surface area contributed by atoms with Gasteiger partial charge in [-0.25, -0.2) is 4.98 Å². The third kappa shape index (κ3) is 6.78. The number of benzene rings is 1. The number of likely N-dealkylation sites (N-methyl/N-ethyl adjacent to an activating group) is 2. The second kappa shape index (κ2) is 11.3. The Kier molecular flexibility index (Phi) is 10.7. The summed E-state index contributed by atoms with van der Waals surface area (Å²) in [6, 6.07) is 7.69. The van der Waals surface area contributed by atoms with Gasteiger partial charge < -0.3 is 10.2 Å². The Hall–Kier alpha value is -1.28. The third-order valence-electron chi connectivity index (χ3n) is 3.01. The first-order valence-electron chi connectivity index (χ1n) is 6.68. The van der Waals surface area contributed by atoms with Crippen LogP contribution in [0.1, 0.15) is 15.9 Å². The van der Waals surface area contributed by atoms with Crippen LogP contribution in [0.15, 0.2) is 35.7 Å². The molecule has 2 N–H and O–H groups in total. The molecule has 0 bridgehead atoms. The van der Waals surface area contributed by atoms with Crippen LogP contribution in [0.25, 0.3) is 0 Å². The fourth-order valence-corrected chi connectivity index (χ4v) is 2.50. The topological polar surface area (TPSA) is 73.9 Å². The van der Waals surface area contributed by atoms with Gasteiger partial charge in [0.15, 0.2) is 5.16 Å². The zero-order valence-corrected chi connectivity index (χ0v) is 15.4. The number of hydrogen-bond acceptors (Lipinski definition) is 5. The molecule has 6 nitrogen and oxygen atoms in total. The first-order valence-corrected chi connectivity index (χ1v) is 7.66. The standard InChI is InChI=1S/C14H19N5OS.2ClH/c1-15-7-8-19(2)13(20)12-5-3-11(4-6-12)9-21-14-16-10-17-18-14;;/h3-6,10,15H,7-9H2,1-2H3,(H,16,17,18);2*1H. The highest BCUT2D eigenvalue weighted by Gasteiger charge is 2.10. The maximum atomic E-state index is 12.2. The summed E-state index contributed by atoms with van der Waals surface area (Å²) < 4.78 is 0. The van der Waals surface area contributed by atoms with Gasteiger partial charge >= 0.3 is 0 Å². The molecule has 0 aliphatic heterocycles. The average molecular weight is 378 g/mol. The van der Waals surface area contributed by atoms with Crippen molar-refractivity contribution in [2.75, 3.05) is 27.2 Å². The van der Waals surface area contributed by atoms with Gasteiger partial charge in [-0.15, -0.1) is 24.8 Å². The minimum absolute atomic E-state index is 0. The van der Waals surface area contributed by atoms with E-state index in [1.807, 2.05) is 38.4 Å². The van der Waals surface area contributed by atoms with Gasteiger partial charge in [0.25, 0.3) is 5.91 Å². The molecular formula is C14H21Cl2N5OS. The van der Waals surface area contributed by atoms with Crippen LogP contribution in [0, 0.1) is 0 Å². The molecule has 23 heavy (non-hydrogen) atoms. The molecule has 1 amide bonds. The average Bonchev–Trinajstić information content (AvgIpc) is 3.04. The van der Waals surface area contributed by atoms with Crippen LogP contribution < -0.4 is 5.32 Å². The SMILES string of the molecule is CNCCN(C)C(=O)c1ccc(CSc2ncn[nH]2)cc1.Cl.Cl. The molecule has 0 saturated carbocycles. The van der Waals surface area contributed by atoms with E-state index in [9.17, 15) is 4.79 Å². The molecule has 0 unspecified atom stereocenters. The van der Waals surface area contributed by atoms with E-state index in [0.29, 0.717) is 12.1 Å². The van der Waals surface area contributed by atoms with Gasteiger partial charge in [0.1, 0.15) is 6.33 Å². The number of aromatic amines is 1. The maximum Gasteiger partial charge on any atom is 0.253 e.